The van der Waals surface area contributed by atoms with Crippen LogP contribution in [0.5, 0.6) is 0 Å². The van der Waals surface area contributed by atoms with Crippen LogP contribution >= 0.6 is 0 Å². The zero-order valence-electron chi connectivity index (χ0n) is 8.46. The van der Waals surface area contributed by atoms with Crippen molar-refractivity contribution in [2.75, 3.05) is 0 Å². The summed E-state index contributed by atoms with van der Waals surface area (Å²) < 4.78 is 0. The Bertz CT molecular complexity index is 363. The highest BCUT2D eigenvalue weighted by Crippen LogP contribution is 2.15. The van der Waals surface area contributed by atoms with Gasteiger partial charge < -0.3 is 4.98 Å². The van der Waals surface area contributed by atoms with Crippen molar-refractivity contribution in [3.8, 4) is 0 Å². The number of pyridine rings is 1. The van der Waals surface area contributed by atoms with Crippen LogP contribution < -0.4 is 0 Å². The molecule has 0 aliphatic carbocycles. The largest absolute Gasteiger partial charge is 0.360 e. The normalized spacial score (nSPS) is 9.46. The Morgan fingerprint density at radius 1 is 1.31 bits per heavy atom. The van der Waals surface area contributed by atoms with E-state index in [1.165, 1.54) is 10.9 Å². The number of hydrogen-bond donors (Lipinski definition) is 1. The summed E-state index contributed by atoms with van der Waals surface area (Å²) in [6.07, 6.45) is 6.78. The van der Waals surface area contributed by atoms with Gasteiger partial charge in [0.25, 0.3) is 0 Å². The summed E-state index contributed by atoms with van der Waals surface area (Å²) in [5.41, 5.74) is 2.44. The molecule has 0 aromatic carbocycles. The molecule has 13 heavy (non-hydrogen) atoms. The first-order valence-electron chi connectivity index (χ1n) is 4.82. The molecule has 2 aromatic rings. The van der Waals surface area contributed by atoms with E-state index in [9.17, 15) is 0 Å². The van der Waals surface area contributed by atoms with E-state index in [2.05, 4.69) is 23.0 Å². The van der Waals surface area contributed by atoms with Gasteiger partial charge in [0.2, 0.25) is 0 Å². The van der Waals surface area contributed by atoms with Gasteiger partial charge in [0, 0.05) is 17.8 Å². The fourth-order valence-corrected chi connectivity index (χ4v) is 1.32. The number of nitrogens with one attached hydrogen (secondary N) is 1. The average Bonchev–Trinajstić information content (AvgIpc) is 2.68. The lowest BCUT2D eigenvalue weighted by molar-refractivity contribution is 1.13. The zero-order chi connectivity index (χ0) is 9.68. The molecule has 0 spiro atoms. The predicted molar refractivity (Wildman–Crippen MR) is 56.8 cm³/mol. The molecule has 0 fully saturated rings. The van der Waals surface area contributed by atoms with E-state index in [0.29, 0.717) is 0 Å². The Balaban J connectivity index is 0.000000396. The molecule has 0 aliphatic rings. The summed E-state index contributed by atoms with van der Waals surface area (Å²) in [5.74, 6) is 0. The van der Waals surface area contributed by atoms with E-state index in [1.807, 2.05) is 32.4 Å². The molecule has 2 heteroatoms. The second-order valence-electron chi connectivity index (χ2n) is 2.59. The molecule has 2 heterocycles. The third kappa shape index (κ3) is 1.89. The molecule has 70 valence electrons. The van der Waals surface area contributed by atoms with Crippen molar-refractivity contribution >= 4 is 10.9 Å². The molecule has 0 aliphatic heterocycles. The number of aryl methyl sites for hydroxylation is 1. The van der Waals surface area contributed by atoms with Crippen LogP contribution in [0.3, 0.4) is 0 Å². The van der Waals surface area contributed by atoms with Crippen molar-refractivity contribution < 1.29 is 0 Å². The standard InChI is InChI=1S/C9H10N2.C2H6/c1-2-7-5-10-6-9-8(7)3-4-11-9;1-2/h3-6,11H,2H2,1H3;1-2H3. The Morgan fingerprint density at radius 3 is 2.77 bits per heavy atom. The Kier molecular flexibility index (Phi) is 3.50. The molecule has 0 saturated heterocycles. The van der Waals surface area contributed by atoms with Gasteiger partial charge in [0.15, 0.2) is 0 Å². The van der Waals surface area contributed by atoms with E-state index in [1.54, 1.807) is 0 Å². The van der Waals surface area contributed by atoms with Crippen molar-refractivity contribution in [2.45, 2.75) is 27.2 Å². The summed E-state index contributed by atoms with van der Waals surface area (Å²) in [5, 5.41) is 1.29. The number of aromatic amines is 1. The van der Waals surface area contributed by atoms with Gasteiger partial charge in [0.1, 0.15) is 0 Å². The number of aromatic nitrogens is 2. The zero-order valence-corrected chi connectivity index (χ0v) is 8.46. The lowest BCUT2D eigenvalue weighted by atomic mass is 10.1. The number of fused-ring (bicyclic) bond motifs is 1. The van der Waals surface area contributed by atoms with Gasteiger partial charge in [-0.2, -0.15) is 0 Å². The van der Waals surface area contributed by atoms with E-state index >= 15 is 0 Å². The van der Waals surface area contributed by atoms with E-state index in [4.69, 9.17) is 0 Å². The van der Waals surface area contributed by atoms with Crippen LogP contribution in [0.25, 0.3) is 10.9 Å². The van der Waals surface area contributed by atoms with Crippen LogP contribution in [0.2, 0.25) is 0 Å². The van der Waals surface area contributed by atoms with Crippen LogP contribution in [0, 0.1) is 0 Å². The van der Waals surface area contributed by atoms with Crippen molar-refractivity contribution in [1.82, 2.24) is 9.97 Å². The predicted octanol–water partition coefficient (Wildman–Crippen LogP) is 3.15. The molecule has 2 nitrogen and oxygen atoms in total. The van der Waals surface area contributed by atoms with Gasteiger partial charge in [-0.15, -0.1) is 0 Å². The van der Waals surface area contributed by atoms with Crippen molar-refractivity contribution in [3.05, 3.63) is 30.2 Å². The first-order chi connectivity index (χ1) is 6.42. The Hall–Kier alpha value is -1.31. The molecule has 0 saturated carbocycles. The summed E-state index contributed by atoms with van der Waals surface area (Å²) >= 11 is 0. The van der Waals surface area contributed by atoms with Crippen LogP contribution in [0.15, 0.2) is 24.7 Å². The van der Waals surface area contributed by atoms with Gasteiger partial charge in [-0.3, -0.25) is 4.98 Å². The van der Waals surface area contributed by atoms with E-state index in [-0.39, 0.29) is 0 Å². The highest BCUT2D eigenvalue weighted by Gasteiger charge is 1.98. The third-order valence-electron chi connectivity index (χ3n) is 1.94. The summed E-state index contributed by atoms with van der Waals surface area (Å²) in [6.45, 7) is 6.14. The minimum Gasteiger partial charge on any atom is -0.360 e. The van der Waals surface area contributed by atoms with Crippen LogP contribution in [0.4, 0.5) is 0 Å². The van der Waals surface area contributed by atoms with E-state index < -0.39 is 0 Å². The quantitative estimate of drug-likeness (QED) is 0.710. The molecule has 2 rings (SSSR count). The van der Waals surface area contributed by atoms with Gasteiger partial charge in [0.05, 0.1) is 11.7 Å². The Labute approximate surface area is 79.0 Å². The molecule has 1 N–H and O–H groups in total. The van der Waals surface area contributed by atoms with Crippen LogP contribution in [-0.2, 0) is 6.42 Å². The Morgan fingerprint density at radius 2 is 2.08 bits per heavy atom. The summed E-state index contributed by atoms with van der Waals surface area (Å²) in [4.78, 5) is 7.26. The van der Waals surface area contributed by atoms with Gasteiger partial charge in [-0.25, -0.2) is 0 Å². The molecule has 0 unspecified atom stereocenters. The smallest absolute Gasteiger partial charge is 0.0643 e. The number of nitrogens with zero attached hydrogens (tertiary/aromatic N) is 1. The summed E-state index contributed by atoms with van der Waals surface area (Å²) in [6, 6.07) is 2.09. The first-order valence-corrected chi connectivity index (χ1v) is 4.82. The number of H-pyrrole nitrogens is 1. The van der Waals surface area contributed by atoms with Gasteiger partial charge >= 0.3 is 0 Å². The monoisotopic (exact) mass is 176 g/mol. The third-order valence-corrected chi connectivity index (χ3v) is 1.94. The summed E-state index contributed by atoms with van der Waals surface area (Å²) in [7, 11) is 0. The maximum atomic E-state index is 4.12. The molecule has 0 atom stereocenters. The fourth-order valence-electron chi connectivity index (χ4n) is 1.32. The highest BCUT2D eigenvalue weighted by atomic mass is 14.7. The molecular formula is C11H16N2. The molecule has 0 amide bonds. The molecule has 0 bridgehead atoms. The van der Waals surface area contributed by atoms with Crippen LogP contribution in [-0.4, -0.2) is 9.97 Å². The SMILES string of the molecule is CC.CCc1cncc2[nH]ccc12. The van der Waals surface area contributed by atoms with Crippen LogP contribution in [0.1, 0.15) is 26.3 Å². The van der Waals surface area contributed by atoms with Crippen molar-refractivity contribution in [3.63, 3.8) is 0 Å². The fraction of sp³-hybridized carbons (Fsp3) is 0.364. The minimum atomic E-state index is 1.04. The first kappa shape index (κ1) is 9.78. The molecule has 2 aromatic heterocycles. The lowest BCUT2D eigenvalue weighted by Crippen LogP contribution is -1.82. The van der Waals surface area contributed by atoms with E-state index in [0.717, 1.165) is 11.9 Å². The molecular weight excluding hydrogens is 160 g/mol. The van der Waals surface area contributed by atoms with Gasteiger partial charge in [-0.05, 0) is 18.1 Å². The highest BCUT2D eigenvalue weighted by molar-refractivity contribution is 5.81. The minimum absolute atomic E-state index is 1.04. The molecule has 0 radical (unpaired) electrons. The second kappa shape index (κ2) is 4.65. The van der Waals surface area contributed by atoms with Crippen molar-refractivity contribution in [2.24, 2.45) is 0 Å². The van der Waals surface area contributed by atoms with Crippen molar-refractivity contribution in [1.29, 1.82) is 0 Å². The number of rotatable bonds is 1. The maximum absolute atomic E-state index is 4.12. The lowest BCUT2D eigenvalue weighted by Gasteiger charge is -1.95. The second-order valence-corrected chi connectivity index (χ2v) is 2.59. The maximum Gasteiger partial charge on any atom is 0.0643 e. The number of hydrogen-bond acceptors (Lipinski definition) is 1. The topological polar surface area (TPSA) is 28.7 Å². The average molecular weight is 176 g/mol. The van der Waals surface area contributed by atoms with Gasteiger partial charge in [-0.1, -0.05) is 20.8 Å².